The van der Waals surface area contributed by atoms with Crippen molar-refractivity contribution >= 4 is 11.6 Å². The number of imidazole rings is 1. The van der Waals surface area contributed by atoms with Crippen LogP contribution < -0.4 is 5.73 Å². The summed E-state index contributed by atoms with van der Waals surface area (Å²) < 4.78 is 5.15. The van der Waals surface area contributed by atoms with Crippen molar-refractivity contribution in [2.24, 2.45) is 5.73 Å². The van der Waals surface area contributed by atoms with E-state index < -0.39 is 6.04 Å². The largest absolute Gasteiger partial charge is 0.342 e. The van der Waals surface area contributed by atoms with Gasteiger partial charge in [-0.3, -0.25) is 0 Å². The first-order chi connectivity index (χ1) is 9.25. The van der Waals surface area contributed by atoms with Gasteiger partial charge in [-0.15, -0.1) is 0 Å². The summed E-state index contributed by atoms with van der Waals surface area (Å²) in [7, 11) is 0. The molecule has 0 aliphatic rings. The summed E-state index contributed by atoms with van der Waals surface area (Å²) in [6.45, 7) is 0. The Labute approximate surface area is 113 Å². The molecule has 2 heterocycles. The van der Waals surface area contributed by atoms with Crippen molar-refractivity contribution in [1.82, 2.24) is 20.1 Å². The predicted molar refractivity (Wildman–Crippen MR) is 69.4 cm³/mol. The number of nitrogens with one attached hydrogen (secondary N) is 1. The molecule has 3 aromatic rings. The van der Waals surface area contributed by atoms with E-state index in [1.54, 1.807) is 18.5 Å². The van der Waals surface area contributed by atoms with Crippen LogP contribution in [0, 0.1) is 0 Å². The highest BCUT2D eigenvalue weighted by atomic mass is 35.5. The van der Waals surface area contributed by atoms with E-state index in [4.69, 9.17) is 21.9 Å². The number of rotatable bonds is 3. The molecule has 1 aromatic carbocycles. The SMILES string of the molecule is N[C@@H](c1nc(-c2ncc[nH]2)no1)c1ccccc1Cl. The third-order valence-electron chi connectivity index (χ3n) is 2.66. The Bertz CT molecular complexity index is 679. The second-order valence-corrected chi connectivity index (χ2v) is 4.30. The fourth-order valence-corrected chi connectivity index (χ4v) is 1.96. The van der Waals surface area contributed by atoms with Crippen molar-refractivity contribution < 1.29 is 4.52 Å². The number of hydrogen-bond acceptors (Lipinski definition) is 5. The first-order valence-corrected chi connectivity index (χ1v) is 5.97. The van der Waals surface area contributed by atoms with Gasteiger partial charge in [0, 0.05) is 17.4 Å². The number of nitrogens with two attached hydrogens (primary N) is 1. The third kappa shape index (κ3) is 2.23. The number of hydrogen-bond donors (Lipinski definition) is 2. The van der Waals surface area contributed by atoms with Crippen molar-refractivity contribution in [3.63, 3.8) is 0 Å². The number of H-pyrrole nitrogens is 1. The number of benzene rings is 1. The topological polar surface area (TPSA) is 93.6 Å². The number of nitrogens with zero attached hydrogens (tertiary/aromatic N) is 3. The summed E-state index contributed by atoms with van der Waals surface area (Å²) in [6.07, 6.45) is 3.29. The Morgan fingerprint density at radius 3 is 2.89 bits per heavy atom. The van der Waals surface area contributed by atoms with Gasteiger partial charge in [-0.25, -0.2) is 4.98 Å². The van der Waals surface area contributed by atoms with E-state index in [1.165, 1.54) is 0 Å². The average Bonchev–Trinajstić information content (AvgIpc) is 3.09. The average molecular weight is 276 g/mol. The fraction of sp³-hybridized carbons (Fsp3) is 0.0833. The van der Waals surface area contributed by atoms with Gasteiger partial charge < -0.3 is 15.2 Å². The summed E-state index contributed by atoms with van der Waals surface area (Å²) in [6, 6.07) is 6.71. The molecule has 7 heteroatoms. The summed E-state index contributed by atoms with van der Waals surface area (Å²) in [4.78, 5) is 11.2. The molecule has 0 unspecified atom stereocenters. The molecule has 1 atom stereocenters. The van der Waals surface area contributed by atoms with Crippen LogP contribution in [0.2, 0.25) is 5.02 Å². The van der Waals surface area contributed by atoms with Crippen LogP contribution in [-0.2, 0) is 0 Å². The highest BCUT2D eigenvalue weighted by molar-refractivity contribution is 6.31. The Balaban J connectivity index is 1.93. The molecular formula is C12H10ClN5O. The molecule has 0 radical (unpaired) electrons. The van der Waals surface area contributed by atoms with Gasteiger partial charge >= 0.3 is 0 Å². The number of aromatic amines is 1. The lowest BCUT2D eigenvalue weighted by molar-refractivity contribution is 0.367. The maximum Gasteiger partial charge on any atom is 0.248 e. The molecule has 0 spiro atoms. The first kappa shape index (κ1) is 11.9. The van der Waals surface area contributed by atoms with Crippen LogP contribution in [-0.4, -0.2) is 20.1 Å². The molecule has 19 heavy (non-hydrogen) atoms. The van der Waals surface area contributed by atoms with E-state index in [0.29, 0.717) is 22.6 Å². The van der Waals surface area contributed by atoms with Gasteiger partial charge in [-0.05, 0) is 11.6 Å². The quantitative estimate of drug-likeness (QED) is 0.764. The van der Waals surface area contributed by atoms with Crippen LogP contribution in [0.4, 0.5) is 0 Å². The van der Waals surface area contributed by atoms with Gasteiger partial charge in [0.25, 0.3) is 0 Å². The highest BCUT2D eigenvalue weighted by Gasteiger charge is 2.20. The van der Waals surface area contributed by atoms with Crippen LogP contribution in [0.15, 0.2) is 41.2 Å². The van der Waals surface area contributed by atoms with E-state index in [9.17, 15) is 0 Å². The standard InChI is InChI=1S/C12H10ClN5O/c13-8-4-2-1-3-7(8)9(14)12-17-11(18-19-12)10-15-5-6-16-10/h1-6,9H,14H2,(H,15,16)/t9-/m1/s1. The van der Waals surface area contributed by atoms with E-state index in [-0.39, 0.29) is 0 Å². The molecule has 96 valence electrons. The molecule has 0 saturated carbocycles. The van der Waals surface area contributed by atoms with Crippen LogP contribution >= 0.6 is 11.6 Å². The predicted octanol–water partition coefficient (Wildman–Crippen LogP) is 2.16. The molecule has 0 saturated heterocycles. The Morgan fingerprint density at radius 2 is 2.16 bits per heavy atom. The van der Waals surface area contributed by atoms with Crippen molar-refractivity contribution in [3.8, 4) is 11.6 Å². The van der Waals surface area contributed by atoms with Crippen molar-refractivity contribution in [2.45, 2.75) is 6.04 Å². The minimum absolute atomic E-state index is 0.291. The Kier molecular flexibility index (Phi) is 3.02. The molecule has 3 rings (SSSR count). The first-order valence-electron chi connectivity index (χ1n) is 5.59. The molecule has 6 nitrogen and oxygen atoms in total. The van der Waals surface area contributed by atoms with E-state index in [2.05, 4.69) is 20.1 Å². The maximum absolute atomic E-state index is 6.09. The van der Waals surface area contributed by atoms with E-state index in [0.717, 1.165) is 5.56 Å². The minimum atomic E-state index is -0.565. The highest BCUT2D eigenvalue weighted by Crippen LogP contribution is 2.26. The summed E-state index contributed by atoms with van der Waals surface area (Å²) in [5.74, 6) is 1.18. The fourth-order valence-electron chi connectivity index (χ4n) is 1.71. The lowest BCUT2D eigenvalue weighted by Gasteiger charge is -2.08. The van der Waals surface area contributed by atoms with Gasteiger partial charge in [-0.1, -0.05) is 35.0 Å². The third-order valence-corrected chi connectivity index (χ3v) is 3.00. The molecule has 0 bridgehead atoms. The zero-order chi connectivity index (χ0) is 13.2. The van der Waals surface area contributed by atoms with Crippen LogP contribution in [0.25, 0.3) is 11.6 Å². The molecule has 0 aliphatic heterocycles. The molecule has 0 aliphatic carbocycles. The van der Waals surface area contributed by atoms with Crippen molar-refractivity contribution in [2.75, 3.05) is 0 Å². The van der Waals surface area contributed by atoms with E-state index in [1.807, 2.05) is 18.2 Å². The van der Waals surface area contributed by atoms with Gasteiger partial charge in [0.2, 0.25) is 11.7 Å². The van der Waals surface area contributed by atoms with Gasteiger partial charge in [0.1, 0.15) is 6.04 Å². The Morgan fingerprint density at radius 1 is 1.32 bits per heavy atom. The summed E-state index contributed by atoms with van der Waals surface area (Å²) in [5, 5.41) is 4.39. The molecule has 0 amide bonds. The summed E-state index contributed by atoms with van der Waals surface area (Å²) >= 11 is 6.09. The summed E-state index contributed by atoms with van der Waals surface area (Å²) in [5.41, 5.74) is 6.81. The monoisotopic (exact) mass is 275 g/mol. The zero-order valence-electron chi connectivity index (χ0n) is 9.75. The van der Waals surface area contributed by atoms with Crippen LogP contribution in [0.3, 0.4) is 0 Å². The molecule has 3 N–H and O–H groups in total. The van der Waals surface area contributed by atoms with E-state index >= 15 is 0 Å². The maximum atomic E-state index is 6.09. The second kappa shape index (κ2) is 4.83. The lowest BCUT2D eigenvalue weighted by Crippen LogP contribution is -2.12. The zero-order valence-corrected chi connectivity index (χ0v) is 10.5. The molecule has 2 aromatic heterocycles. The minimum Gasteiger partial charge on any atom is -0.342 e. The van der Waals surface area contributed by atoms with Gasteiger partial charge in [0.15, 0.2) is 5.82 Å². The number of aromatic nitrogens is 4. The van der Waals surface area contributed by atoms with Crippen LogP contribution in [0.5, 0.6) is 0 Å². The normalized spacial score (nSPS) is 12.5. The second-order valence-electron chi connectivity index (χ2n) is 3.89. The van der Waals surface area contributed by atoms with Gasteiger partial charge in [0.05, 0.1) is 0 Å². The Hall–Kier alpha value is -2.18. The molecular weight excluding hydrogens is 266 g/mol. The van der Waals surface area contributed by atoms with Crippen LogP contribution in [0.1, 0.15) is 17.5 Å². The van der Waals surface area contributed by atoms with Crippen molar-refractivity contribution in [3.05, 3.63) is 53.1 Å². The smallest absolute Gasteiger partial charge is 0.248 e. The van der Waals surface area contributed by atoms with Crippen molar-refractivity contribution in [1.29, 1.82) is 0 Å². The molecule has 0 fully saturated rings. The van der Waals surface area contributed by atoms with Gasteiger partial charge in [-0.2, -0.15) is 4.98 Å². The lowest BCUT2D eigenvalue weighted by atomic mass is 10.1. The number of halogens is 1.